The molecule has 0 N–H and O–H groups in total. The van der Waals surface area contributed by atoms with Gasteiger partial charge in [-0.25, -0.2) is 0 Å². The van der Waals surface area contributed by atoms with Crippen molar-refractivity contribution < 1.29 is 0 Å². The van der Waals surface area contributed by atoms with E-state index in [9.17, 15) is 0 Å². The van der Waals surface area contributed by atoms with Crippen LogP contribution >= 0.6 is 0 Å². The van der Waals surface area contributed by atoms with Crippen molar-refractivity contribution in [2.75, 3.05) is 0 Å². The van der Waals surface area contributed by atoms with Crippen LogP contribution in [0.4, 0.5) is 0 Å². The van der Waals surface area contributed by atoms with Crippen LogP contribution in [0.3, 0.4) is 0 Å². The minimum atomic E-state index is 1.01. The molecule has 0 bridgehead atoms. The maximum absolute atomic E-state index is 2.62. The Labute approximate surface area is 190 Å². The fraction of sp³-hybridized carbons (Fsp3) is 1.00. The van der Waals surface area contributed by atoms with Gasteiger partial charge in [-0.2, -0.15) is 0 Å². The van der Waals surface area contributed by atoms with Crippen LogP contribution in [0.25, 0.3) is 0 Å². The highest BCUT2D eigenvalue weighted by molar-refractivity contribution is 4.96. The molecule has 0 amide bonds. The summed E-state index contributed by atoms with van der Waals surface area (Å²) >= 11 is 0. The molecule has 0 aliphatic heterocycles. The first kappa shape index (κ1) is 24.6. The van der Waals surface area contributed by atoms with Crippen molar-refractivity contribution in [2.24, 2.45) is 41.4 Å². The Morgan fingerprint density at radius 1 is 0.600 bits per heavy atom. The summed E-state index contributed by atoms with van der Waals surface area (Å²) in [5.41, 5.74) is 0. The van der Waals surface area contributed by atoms with Crippen LogP contribution in [-0.4, -0.2) is 0 Å². The summed E-state index contributed by atoms with van der Waals surface area (Å²) in [6, 6.07) is 0. The molecule has 30 heavy (non-hydrogen) atoms. The lowest BCUT2D eigenvalue weighted by atomic mass is 9.57. The summed E-state index contributed by atoms with van der Waals surface area (Å²) < 4.78 is 0. The fourth-order valence-corrected chi connectivity index (χ4v) is 8.19. The van der Waals surface area contributed by atoms with Crippen molar-refractivity contribution in [3.8, 4) is 0 Å². The van der Waals surface area contributed by atoms with Gasteiger partial charge in [0.2, 0.25) is 0 Å². The average molecular weight is 417 g/mol. The van der Waals surface area contributed by atoms with Gasteiger partial charge in [0.05, 0.1) is 0 Å². The average Bonchev–Trinajstić information content (AvgIpc) is 3.25. The number of hydrogen-bond donors (Lipinski definition) is 0. The molecular weight excluding hydrogens is 360 g/mol. The number of rotatable bonds is 4. The van der Waals surface area contributed by atoms with Crippen LogP contribution in [0.1, 0.15) is 149 Å². The second-order valence-electron chi connectivity index (χ2n) is 12.2. The Morgan fingerprint density at radius 2 is 1.17 bits per heavy atom. The molecule has 0 aromatic carbocycles. The lowest BCUT2D eigenvalue weighted by molar-refractivity contribution is 0.00764. The predicted molar refractivity (Wildman–Crippen MR) is 134 cm³/mol. The molecule has 0 aromatic heterocycles. The molecule has 5 unspecified atom stereocenters. The predicted octanol–water partition coefficient (Wildman–Crippen LogP) is 10.2. The Hall–Kier alpha value is 0. The van der Waals surface area contributed by atoms with Gasteiger partial charge in [0.1, 0.15) is 0 Å². The second-order valence-corrected chi connectivity index (χ2v) is 12.2. The summed E-state index contributed by atoms with van der Waals surface area (Å²) in [5.74, 6) is 7.55. The van der Waals surface area contributed by atoms with Gasteiger partial charge in [-0.1, -0.05) is 130 Å². The van der Waals surface area contributed by atoms with E-state index >= 15 is 0 Å². The van der Waals surface area contributed by atoms with E-state index in [4.69, 9.17) is 0 Å². The van der Waals surface area contributed by atoms with Crippen LogP contribution in [0.15, 0.2) is 0 Å². The molecule has 4 fully saturated rings. The molecule has 0 heteroatoms. The minimum Gasteiger partial charge on any atom is -0.0654 e. The molecule has 5 atom stereocenters. The van der Waals surface area contributed by atoms with Crippen molar-refractivity contribution >= 4 is 0 Å². The zero-order valence-electron chi connectivity index (χ0n) is 21.2. The highest BCUT2D eigenvalue weighted by Gasteiger charge is 2.46. The van der Waals surface area contributed by atoms with Gasteiger partial charge in [0, 0.05) is 0 Å². The van der Waals surface area contributed by atoms with Gasteiger partial charge < -0.3 is 0 Å². The van der Waals surface area contributed by atoms with Gasteiger partial charge >= 0.3 is 0 Å². The quantitative estimate of drug-likeness (QED) is 0.427. The molecule has 0 nitrogen and oxygen atoms in total. The summed E-state index contributed by atoms with van der Waals surface area (Å²) in [6.45, 7) is 7.37. The van der Waals surface area contributed by atoms with Crippen molar-refractivity contribution in [3.63, 3.8) is 0 Å². The van der Waals surface area contributed by atoms with E-state index in [2.05, 4.69) is 20.8 Å². The van der Waals surface area contributed by atoms with E-state index in [0.717, 1.165) is 41.4 Å². The van der Waals surface area contributed by atoms with E-state index < -0.39 is 0 Å². The highest BCUT2D eigenvalue weighted by atomic mass is 14.5. The maximum atomic E-state index is 2.62. The van der Waals surface area contributed by atoms with Gasteiger partial charge in [0.15, 0.2) is 0 Å². The van der Waals surface area contributed by atoms with Crippen LogP contribution in [-0.2, 0) is 0 Å². The van der Waals surface area contributed by atoms with E-state index in [1.165, 1.54) is 83.5 Å². The van der Waals surface area contributed by atoms with Crippen LogP contribution in [0.2, 0.25) is 0 Å². The summed E-state index contributed by atoms with van der Waals surface area (Å²) in [6.07, 6.45) is 30.4. The molecule has 0 spiro atoms. The highest BCUT2D eigenvalue weighted by Crippen LogP contribution is 2.55. The molecule has 4 rings (SSSR count). The zero-order chi connectivity index (χ0) is 21.2. The molecule has 0 heterocycles. The van der Waals surface area contributed by atoms with Crippen molar-refractivity contribution in [1.82, 2.24) is 0 Å². The lowest BCUT2D eigenvalue weighted by Gasteiger charge is -2.48. The van der Waals surface area contributed by atoms with Crippen LogP contribution in [0.5, 0.6) is 0 Å². The van der Waals surface area contributed by atoms with Gasteiger partial charge in [-0.05, 0) is 60.7 Å². The standard InChI is InChI=1S/C23H42.C7H14/c1-3-4-15-21-18(2)17-20-14-11-16-22(20)23(21)19-12-9-7-5-6-8-10-13-19;1-7-5-3-2-4-6-7/h18-23H,3-17H2,1-2H3;7H,2-6H2,1H3. The summed E-state index contributed by atoms with van der Waals surface area (Å²) in [5, 5.41) is 0. The van der Waals surface area contributed by atoms with E-state index in [0.29, 0.717) is 0 Å². The Kier molecular flexibility index (Phi) is 11.1. The molecule has 0 radical (unpaired) electrons. The SMILES string of the molecule is CC1CCCCC1.CCCCC1C(C)CC2CCCC2C1C1CCCCCCCC1. The first-order valence-electron chi connectivity index (χ1n) is 14.7. The number of fused-ring (bicyclic) bond motifs is 1. The molecule has 176 valence electrons. The van der Waals surface area contributed by atoms with Crippen molar-refractivity contribution in [1.29, 1.82) is 0 Å². The largest absolute Gasteiger partial charge is 0.0654 e. The first-order valence-corrected chi connectivity index (χ1v) is 14.7. The fourth-order valence-electron chi connectivity index (χ4n) is 8.19. The minimum absolute atomic E-state index is 1.01. The van der Waals surface area contributed by atoms with Gasteiger partial charge in [-0.3, -0.25) is 0 Å². The normalized spacial score (nSPS) is 36.7. The monoisotopic (exact) mass is 416 g/mol. The molecule has 0 aromatic rings. The van der Waals surface area contributed by atoms with Crippen LogP contribution < -0.4 is 0 Å². The van der Waals surface area contributed by atoms with E-state index in [1.54, 1.807) is 44.9 Å². The number of unbranched alkanes of at least 4 members (excludes halogenated alkanes) is 1. The molecule has 0 saturated heterocycles. The molecular formula is C30H56. The Balaban J connectivity index is 0.000000310. The summed E-state index contributed by atoms with van der Waals surface area (Å²) in [4.78, 5) is 0. The summed E-state index contributed by atoms with van der Waals surface area (Å²) in [7, 11) is 0. The zero-order valence-corrected chi connectivity index (χ0v) is 21.2. The third kappa shape index (κ3) is 7.27. The first-order chi connectivity index (χ1) is 14.7. The topological polar surface area (TPSA) is 0 Å². The molecule has 4 aliphatic carbocycles. The van der Waals surface area contributed by atoms with E-state index in [1.807, 2.05) is 0 Å². The van der Waals surface area contributed by atoms with Crippen molar-refractivity contribution in [2.45, 2.75) is 149 Å². The smallest absolute Gasteiger partial charge is 0.0324 e. The third-order valence-corrected chi connectivity index (χ3v) is 9.84. The van der Waals surface area contributed by atoms with Gasteiger partial charge in [0.25, 0.3) is 0 Å². The van der Waals surface area contributed by atoms with E-state index in [-0.39, 0.29) is 0 Å². The van der Waals surface area contributed by atoms with Crippen LogP contribution in [0, 0.1) is 41.4 Å². The molecule has 4 saturated carbocycles. The second kappa shape index (κ2) is 13.5. The lowest BCUT2D eigenvalue weighted by Crippen LogP contribution is -2.41. The Morgan fingerprint density at radius 3 is 1.77 bits per heavy atom. The molecule has 4 aliphatic rings. The third-order valence-electron chi connectivity index (χ3n) is 9.84. The van der Waals surface area contributed by atoms with Gasteiger partial charge in [-0.15, -0.1) is 0 Å². The number of hydrogen-bond acceptors (Lipinski definition) is 0. The Bertz CT molecular complexity index is 423. The maximum Gasteiger partial charge on any atom is -0.0324 e. The van der Waals surface area contributed by atoms with Crippen molar-refractivity contribution in [3.05, 3.63) is 0 Å².